The molecule has 0 saturated heterocycles. The molecule has 1 fully saturated rings. The van der Waals surface area contributed by atoms with Crippen molar-refractivity contribution in [1.82, 2.24) is 5.32 Å². The molecule has 0 aliphatic heterocycles. The van der Waals surface area contributed by atoms with Crippen LogP contribution in [-0.4, -0.2) is 32.1 Å². The van der Waals surface area contributed by atoms with Crippen LogP contribution in [0.1, 0.15) is 35.2 Å². The summed E-state index contributed by atoms with van der Waals surface area (Å²) in [6.07, 6.45) is 3.04. The van der Waals surface area contributed by atoms with Crippen molar-refractivity contribution in [2.75, 3.05) is 25.6 Å². The molecule has 21 heavy (non-hydrogen) atoms. The van der Waals surface area contributed by atoms with E-state index in [0.29, 0.717) is 24.4 Å². The monoisotopic (exact) mass is 290 g/mol. The molecule has 2 rings (SSSR count). The lowest BCUT2D eigenvalue weighted by molar-refractivity contribution is -0.122. The molecule has 5 nitrogen and oxygen atoms in total. The number of amides is 2. The summed E-state index contributed by atoms with van der Waals surface area (Å²) in [4.78, 5) is 24.1. The number of anilines is 1. The van der Waals surface area contributed by atoms with Crippen molar-refractivity contribution in [2.24, 2.45) is 5.92 Å². The van der Waals surface area contributed by atoms with Gasteiger partial charge in [0.1, 0.15) is 0 Å². The van der Waals surface area contributed by atoms with E-state index in [-0.39, 0.29) is 17.7 Å². The van der Waals surface area contributed by atoms with Crippen LogP contribution >= 0.6 is 0 Å². The van der Waals surface area contributed by atoms with Gasteiger partial charge in [-0.05, 0) is 37.5 Å². The Kier molecular flexibility index (Phi) is 5.33. The Hall–Kier alpha value is -1.88. The van der Waals surface area contributed by atoms with Crippen molar-refractivity contribution >= 4 is 17.5 Å². The minimum atomic E-state index is -0.149. The first-order valence-corrected chi connectivity index (χ1v) is 7.31. The SMILES string of the molecule is COCCNC(=O)c1cccc(NC(=O)C2CCC2)c1C. The average Bonchev–Trinajstić information content (AvgIpc) is 2.39. The second-order valence-electron chi connectivity index (χ2n) is 5.34. The molecule has 2 amide bonds. The van der Waals surface area contributed by atoms with E-state index in [1.165, 1.54) is 0 Å². The lowest BCUT2D eigenvalue weighted by Gasteiger charge is -2.24. The summed E-state index contributed by atoms with van der Waals surface area (Å²) >= 11 is 0. The number of carbonyl (C=O) groups is 2. The highest BCUT2D eigenvalue weighted by molar-refractivity contribution is 5.99. The van der Waals surface area contributed by atoms with Gasteiger partial charge in [-0.1, -0.05) is 12.5 Å². The number of benzene rings is 1. The van der Waals surface area contributed by atoms with Gasteiger partial charge < -0.3 is 15.4 Å². The lowest BCUT2D eigenvalue weighted by Crippen LogP contribution is -2.29. The third-order valence-corrected chi connectivity index (χ3v) is 3.90. The Morgan fingerprint density at radius 2 is 2.10 bits per heavy atom. The van der Waals surface area contributed by atoms with E-state index in [0.717, 1.165) is 24.8 Å². The van der Waals surface area contributed by atoms with Crippen LogP contribution in [-0.2, 0) is 9.53 Å². The Balaban J connectivity index is 2.04. The number of hydrogen-bond donors (Lipinski definition) is 2. The van der Waals surface area contributed by atoms with E-state index in [9.17, 15) is 9.59 Å². The highest BCUT2D eigenvalue weighted by atomic mass is 16.5. The maximum Gasteiger partial charge on any atom is 0.251 e. The molecule has 1 aliphatic carbocycles. The molecule has 0 spiro atoms. The largest absolute Gasteiger partial charge is 0.383 e. The first-order chi connectivity index (χ1) is 10.1. The van der Waals surface area contributed by atoms with E-state index in [1.54, 1.807) is 19.2 Å². The van der Waals surface area contributed by atoms with Crippen molar-refractivity contribution in [2.45, 2.75) is 26.2 Å². The molecule has 1 aromatic carbocycles. The summed E-state index contributed by atoms with van der Waals surface area (Å²) in [5.41, 5.74) is 2.09. The van der Waals surface area contributed by atoms with E-state index in [1.807, 2.05) is 13.0 Å². The number of nitrogens with one attached hydrogen (secondary N) is 2. The predicted octanol–water partition coefficient (Wildman–Crippen LogP) is 2.11. The van der Waals surface area contributed by atoms with Gasteiger partial charge in [0, 0.05) is 30.8 Å². The van der Waals surface area contributed by atoms with Gasteiger partial charge in [0.05, 0.1) is 6.61 Å². The summed E-state index contributed by atoms with van der Waals surface area (Å²) in [5, 5.41) is 5.72. The zero-order valence-electron chi connectivity index (χ0n) is 12.6. The van der Waals surface area contributed by atoms with Gasteiger partial charge in [0.2, 0.25) is 5.91 Å². The fourth-order valence-corrected chi connectivity index (χ4v) is 2.28. The second kappa shape index (κ2) is 7.22. The van der Waals surface area contributed by atoms with Crippen LogP contribution in [0.25, 0.3) is 0 Å². The van der Waals surface area contributed by atoms with Gasteiger partial charge in [-0.3, -0.25) is 9.59 Å². The molecular formula is C16H22N2O3. The quantitative estimate of drug-likeness (QED) is 0.789. The zero-order chi connectivity index (χ0) is 15.2. The molecule has 1 saturated carbocycles. The number of hydrogen-bond acceptors (Lipinski definition) is 3. The fourth-order valence-electron chi connectivity index (χ4n) is 2.28. The van der Waals surface area contributed by atoms with E-state index in [4.69, 9.17) is 4.74 Å². The minimum absolute atomic E-state index is 0.0568. The lowest BCUT2D eigenvalue weighted by atomic mass is 9.84. The molecule has 0 bridgehead atoms. The van der Waals surface area contributed by atoms with Gasteiger partial charge >= 0.3 is 0 Å². The van der Waals surface area contributed by atoms with E-state index >= 15 is 0 Å². The van der Waals surface area contributed by atoms with Gasteiger partial charge in [-0.15, -0.1) is 0 Å². The van der Waals surface area contributed by atoms with Gasteiger partial charge in [-0.2, -0.15) is 0 Å². The van der Waals surface area contributed by atoms with Crippen LogP contribution in [0.5, 0.6) is 0 Å². The third kappa shape index (κ3) is 3.82. The zero-order valence-corrected chi connectivity index (χ0v) is 12.6. The third-order valence-electron chi connectivity index (χ3n) is 3.90. The molecule has 5 heteroatoms. The van der Waals surface area contributed by atoms with Crippen molar-refractivity contribution in [3.63, 3.8) is 0 Å². The number of methoxy groups -OCH3 is 1. The van der Waals surface area contributed by atoms with Crippen molar-refractivity contribution in [1.29, 1.82) is 0 Å². The maximum absolute atomic E-state index is 12.1. The summed E-state index contributed by atoms with van der Waals surface area (Å²) in [7, 11) is 1.59. The predicted molar refractivity (Wildman–Crippen MR) is 81.4 cm³/mol. The van der Waals surface area contributed by atoms with Crippen molar-refractivity contribution < 1.29 is 14.3 Å². The van der Waals surface area contributed by atoms with Crippen molar-refractivity contribution in [3.8, 4) is 0 Å². The highest BCUT2D eigenvalue weighted by Crippen LogP contribution is 2.28. The average molecular weight is 290 g/mol. The highest BCUT2D eigenvalue weighted by Gasteiger charge is 2.25. The van der Waals surface area contributed by atoms with Crippen LogP contribution in [0, 0.1) is 12.8 Å². The minimum Gasteiger partial charge on any atom is -0.383 e. The van der Waals surface area contributed by atoms with Crippen LogP contribution in [0.3, 0.4) is 0 Å². The second-order valence-corrected chi connectivity index (χ2v) is 5.34. The molecule has 0 aromatic heterocycles. The Morgan fingerprint density at radius 1 is 1.33 bits per heavy atom. The Labute approximate surface area is 125 Å². The van der Waals surface area contributed by atoms with E-state index in [2.05, 4.69) is 10.6 Å². The molecule has 1 aliphatic rings. The molecule has 2 N–H and O–H groups in total. The number of ether oxygens (including phenoxy) is 1. The maximum atomic E-state index is 12.1. The number of rotatable bonds is 6. The topological polar surface area (TPSA) is 67.4 Å². The first kappa shape index (κ1) is 15.5. The molecule has 0 radical (unpaired) electrons. The molecule has 1 aromatic rings. The van der Waals surface area contributed by atoms with Crippen LogP contribution < -0.4 is 10.6 Å². The molecule has 0 unspecified atom stereocenters. The molecule has 0 heterocycles. The van der Waals surface area contributed by atoms with Gasteiger partial charge in [0.25, 0.3) is 5.91 Å². The summed E-state index contributed by atoms with van der Waals surface area (Å²) in [6.45, 7) is 2.79. The summed E-state index contributed by atoms with van der Waals surface area (Å²) in [6, 6.07) is 5.38. The Bertz CT molecular complexity index is 524. The summed E-state index contributed by atoms with van der Waals surface area (Å²) < 4.78 is 4.91. The Morgan fingerprint density at radius 3 is 2.71 bits per heavy atom. The van der Waals surface area contributed by atoms with E-state index < -0.39 is 0 Å². The van der Waals surface area contributed by atoms with Gasteiger partial charge in [-0.25, -0.2) is 0 Å². The van der Waals surface area contributed by atoms with Crippen LogP contribution in [0.2, 0.25) is 0 Å². The summed E-state index contributed by atoms with van der Waals surface area (Å²) in [5.74, 6) is 0.0363. The van der Waals surface area contributed by atoms with Gasteiger partial charge in [0.15, 0.2) is 0 Å². The normalized spacial score (nSPS) is 14.4. The number of carbonyl (C=O) groups excluding carboxylic acids is 2. The smallest absolute Gasteiger partial charge is 0.251 e. The molecule has 0 atom stereocenters. The first-order valence-electron chi connectivity index (χ1n) is 7.31. The van der Waals surface area contributed by atoms with Crippen LogP contribution in [0.15, 0.2) is 18.2 Å². The van der Waals surface area contributed by atoms with Crippen molar-refractivity contribution in [3.05, 3.63) is 29.3 Å². The van der Waals surface area contributed by atoms with Crippen LogP contribution in [0.4, 0.5) is 5.69 Å². The molecular weight excluding hydrogens is 268 g/mol. The fraction of sp³-hybridized carbons (Fsp3) is 0.500. The standard InChI is InChI=1S/C16H22N2O3/c1-11-13(16(20)17-9-10-21-2)7-4-8-14(11)18-15(19)12-5-3-6-12/h4,7-8,12H,3,5-6,9-10H2,1-2H3,(H,17,20)(H,18,19). The molecule has 114 valence electrons.